The lowest BCUT2D eigenvalue weighted by Crippen LogP contribution is -2.27. The first-order valence-electron chi connectivity index (χ1n) is 8.06. The van der Waals surface area contributed by atoms with E-state index in [1.807, 2.05) is 0 Å². The summed E-state index contributed by atoms with van der Waals surface area (Å²) >= 11 is 1.72. The average molecular weight is 294 g/mol. The van der Waals surface area contributed by atoms with Gasteiger partial charge in [0.15, 0.2) is 5.13 Å². The molecule has 2 fully saturated rings. The van der Waals surface area contributed by atoms with Gasteiger partial charge in [-0.05, 0) is 49.9 Å². The van der Waals surface area contributed by atoms with Crippen LogP contribution in [0, 0.1) is 11.8 Å². The summed E-state index contributed by atoms with van der Waals surface area (Å²) < 4.78 is 0. The van der Waals surface area contributed by atoms with E-state index in [1.165, 1.54) is 38.8 Å². The van der Waals surface area contributed by atoms with Gasteiger partial charge in [0.1, 0.15) is 0 Å². The Kier molecular flexibility index (Phi) is 4.32. The third kappa shape index (κ3) is 3.34. The van der Waals surface area contributed by atoms with Gasteiger partial charge in [-0.3, -0.25) is 0 Å². The van der Waals surface area contributed by atoms with E-state index in [1.54, 1.807) is 11.3 Å². The summed E-state index contributed by atoms with van der Waals surface area (Å²) in [5.41, 5.74) is 1.13. The van der Waals surface area contributed by atoms with E-state index in [2.05, 4.69) is 18.7 Å². The molecule has 112 valence electrons. The van der Waals surface area contributed by atoms with Crippen LogP contribution in [0.5, 0.6) is 0 Å². The number of nitrogens with zero attached hydrogens (tertiary/aromatic N) is 2. The Balaban J connectivity index is 1.78. The van der Waals surface area contributed by atoms with Crippen LogP contribution in [0.3, 0.4) is 0 Å². The van der Waals surface area contributed by atoms with Gasteiger partial charge < -0.3 is 10.0 Å². The molecule has 2 aliphatic carbocycles. The number of thiazole rings is 1. The molecule has 4 heteroatoms. The zero-order chi connectivity index (χ0) is 14.1. The largest absolute Gasteiger partial charge is 0.391 e. The molecule has 1 heterocycles. The summed E-state index contributed by atoms with van der Waals surface area (Å²) in [5, 5.41) is 10.8. The van der Waals surface area contributed by atoms with Crippen LogP contribution >= 0.6 is 11.3 Å². The minimum Gasteiger partial charge on any atom is -0.391 e. The molecule has 2 aliphatic rings. The number of hydrogen-bond acceptors (Lipinski definition) is 4. The fourth-order valence-electron chi connectivity index (χ4n) is 2.63. The number of aliphatic hydroxyl groups is 1. The molecule has 2 saturated carbocycles. The van der Waals surface area contributed by atoms with Crippen LogP contribution in [-0.2, 0) is 6.61 Å². The normalized spacial score (nSPS) is 20.1. The number of aromatic nitrogens is 1. The summed E-state index contributed by atoms with van der Waals surface area (Å²) in [6.45, 7) is 6.89. The van der Waals surface area contributed by atoms with Crippen molar-refractivity contribution in [2.24, 2.45) is 11.8 Å². The molecule has 3 rings (SSSR count). The Morgan fingerprint density at radius 2 is 1.85 bits per heavy atom. The van der Waals surface area contributed by atoms with Crippen molar-refractivity contribution >= 4 is 16.5 Å². The zero-order valence-corrected chi connectivity index (χ0v) is 13.5. The molecule has 1 aromatic rings. The number of hydrogen-bond donors (Lipinski definition) is 1. The lowest BCUT2D eigenvalue weighted by atomic mass is 10.0. The first kappa shape index (κ1) is 14.3. The third-order valence-electron chi connectivity index (χ3n) is 4.56. The van der Waals surface area contributed by atoms with Gasteiger partial charge >= 0.3 is 0 Å². The Hall–Kier alpha value is -0.610. The summed E-state index contributed by atoms with van der Waals surface area (Å²) in [6, 6.07) is 0. The molecule has 0 bridgehead atoms. The molecule has 0 aromatic carbocycles. The maximum Gasteiger partial charge on any atom is 0.185 e. The van der Waals surface area contributed by atoms with E-state index in [0.29, 0.717) is 5.92 Å². The molecule has 0 amide bonds. The number of rotatable bonds is 8. The van der Waals surface area contributed by atoms with Crippen LogP contribution in [0.4, 0.5) is 5.13 Å². The van der Waals surface area contributed by atoms with Gasteiger partial charge in [0.2, 0.25) is 0 Å². The smallest absolute Gasteiger partial charge is 0.185 e. The van der Waals surface area contributed by atoms with Crippen molar-refractivity contribution in [2.45, 2.75) is 58.5 Å². The predicted molar refractivity (Wildman–Crippen MR) is 84.4 cm³/mol. The number of aliphatic hydroxyl groups excluding tert-OH is 1. The van der Waals surface area contributed by atoms with Crippen molar-refractivity contribution in [2.75, 3.05) is 18.0 Å². The summed E-state index contributed by atoms with van der Waals surface area (Å²) in [6.07, 6.45) is 6.63. The summed E-state index contributed by atoms with van der Waals surface area (Å²) in [7, 11) is 0. The second kappa shape index (κ2) is 6.02. The van der Waals surface area contributed by atoms with Gasteiger partial charge in [0, 0.05) is 13.1 Å². The molecule has 1 aromatic heterocycles. The molecule has 20 heavy (non-hydrogen) atoms. The van der Waals surface area contributed by atoms with E-state index in [4.69, 9.17) is 4.98 Å². The predicted octanol–water partition coefficient (Wildman–Crippen LogP) is 3.78. The highest BCUT2D eigenvalue weighted by atomic mass is 32.1. The average Bonchev–Trinajstić information content (AvgIpc) is 3.38. The Bertz CT molecular complexity index is 437. The zero-order valence-electron chi connectivity index (χ0n) is 12.6. The van der Waals surface area contributed by atoms with Gasteiger partial charge in [-0.15, -0.1) is 0 Å². The van der Waals surface area contributed by atoms with Gasteiger partial charge in [-0.1, -0.05) is 25.2 Å². The van der Waals surface area contributed by atoms with Crippen LogP contribution in [0.1, 0.15) is 62.4 Å². The highest BCUT2D eigenvalue weighted by Gasteiger charge is 2.31. The second-order valence-electron chi connectivity index (χ2n) is 6.56. The molecule has 0 spiro atoms. The second-order valence-corrected chi connectivity index (χ2v) is 7.63. The fourth-order valence-corrected chi connectivity index (χ4v) is 3.69. The van der Waals surface area contributed by atoms with Gasteiger partial charge in [-0.2, -0.15) is 0 Å². The maximum atomic E-state index is 9.60. The molecular formula is C16H26N2OS. The maximum absolute atomic E-state index is 9.60. The topological polar surface area (TPSA) is 36.4 Å². The first-order chi connectivity index (χ1) is 9.71. The van der Waals surface area contributed by atoms with Crippen molar-refractivity contribution in [1.29, 1.82) is 0 Å². The number of anilines is 1. The van der Waals surface area contributed by atoms with Crippen molar-refractivity contribution in [3.05, 3.63) is 10.6 Å². The lowest BCUT2D eigenvalue weighted by Gasteiger charge is -2.21. The molecule has 0 radical (unpaired) electrons. The van der Waals surface area contributed by atoms with E-state index < -0.39 is 0 Å². The van der Waals surface area contributed by atoms with Crippen LogP contribution in [-0.4, -0.2) is 23.2 Å². The van der Waals surface area contributed by atoms with Crippen LogP contribution in [0.15, 0.2) is 0 Å². The molecule has 0 aliphatic heterocycles. The van der Waals surface area contributed by atoms with E-state index in [-0.39, 0.29) is 6.61 Å². The molecular weight excluding hydrogens is 268 g/mol. The van der Waals surface area contributed by atoms with E-state index in [0.717, 1.165) is 34.0 Å². The Morgan fingerprint density at radius 3 is 2.30 bits per heavy atom. The van der Waals surface area contributed by atoms with Crippen LogP contribution in [0.25, 0.3) is 0 Å². The van der Waals surface area contributed by atoms with Crippen LogP contribution in [0.2, 0.25) is 0 Å². The monoisotopic (exact) mass is 294 g/mol. The van der Waals surface area contributed by atoms with Crippen molar-refractivity contribution in [3.63, 3.8) is 0 Å². The molecule has 1 atom stereocenters. The quantitative estimate of drug-likeness (QED) is 0.793. The van der Waals surface area contributed by atoms with Crippen molar-refractivity contribution in [1.82, 2.24) is 4.98 Å². The van der Waals surface area contributed by atoms with E-state index in [9.17, 15) is 5.11 Å². The SMILES string of the molecule is CCC(C)c1nc(N(CC2CC2)CC2CC2)sc1CO. The van der Waals surface area contributed by atoms with E-state index >= 15 is 0 Å². The minimum atomic E-state index is 0.137. The third-order valence-corrected chi connectivity index (χ3v) is 5.68. The van der Waals surface area contributed by atoms with Gasteiger partial charge in [-0.25, -0.2) is 4.98 Å². The fraction of sp³-hybridized carbons (Fsp3) is 0.812. The minimum absolute atomic E-state index is 0.137. The van der Waals surface area contributed by atoms with Gasteiger partial charge in [0.05, 0.1) is 17.2 Å². The first-order valence-corrected chi connectivity index (χ1v) is 8.88. The highest BCUT2D eigenvalue weighted by molar-refractivity contribution is 7.15. The van der Waals surface area contributed by atoms with Crippen molar-refractivity contribution in [3.8, 4) is 0 Å². The Morgan fingerprint density at radius 1 is 1.25 bits per heavy atom. The summed E-state index contributed by atoms with van der Waals surface area (Å²) in [4.78, 5) is 8.48. The summed E-state index contributed by atoms with van der Waals surface area (Å²) in [5.74, 6) is 2.23. The molecule has 1 unspecified atom stereocenters. The highest BCUT2D eigenvalue weighted by Crippen LogP contribution is 2.38. The molecule has 1 N–H and O–H groups in total. The standard InChI is InChI=1S/C16H26N2OS/c1-3-11(2)15-14(10-19)20-16(17-15)18(8-12-4-5-12)9-13-6-7-13/h11-13,19H,3-10H2,1-2H3. The van der Waals surface area contributed by atoms with Gasteiger partial charge in [0.25, 0.3) is 0 Å². The Labute approximate surface area is 126 Å². The van der Waals surface area contributed by atoms with Crippen LogP contribution < -0.4 is 4.90 Å². The van der Waals surface area contributed by atoms with Crippen molar-refractivity contribution < 1.29 is 5.11 Å². The molecule has 0 saturated heterocycles. The lowest BCUT2D eigenvalue weighted by molar-refractivity contribution is 0.283. The molecule has 3 nitrogen and oxygen atoms in total.